The lowest BCUT2D eigenvalue weighted by molar-refractivity contribution is 0.253. The van der Waals surface area contributed by atoms with E-state index in [4.69, 9.17) is 0 Å². The Kier molecular flexibility index (Phi) is 3.23. The predicted octanol–water partition coefficient (Wildman–Crippen LogP) is 3.17. The number of nitrogens with one attached hydrogen (secondary N) is 1. The predicted molar refractivity (Wildman–Crippen MR) is 65.5 cm³/mol. The number of hydrogen-bond donors (Lipinski definition) is 1. The Labute approximate surface area is 106 Å². The molecule has 1 aromatic carbocycles. The number of carbonyl (C=O) groups excluding carboxylic acids is 1. The first-order valence-electron chi connectivity index (χ1n) is 4.83. The first kappa shape index (κ1) is 11.8. The van der Waals surface area contributed by atoms with Crippen LogP contribution in [0.2, 0.25) is 0 Å². The standard InChI is InChI=1S/C11H9BrFN3O/c1-7-4-8(12)9(13)5-10(7)15-11(17)16-3-2-14-6-16/h2-6H,1H3,(H,15,17). The van der Waals surface area contributed by atoms with E-state index in [2.05, 4.69) is 26.2 Å². The fourth-order valence-electron chi connectivity index (χ4n) is 1.34. The summed E-state index contributed by atoms with van der Waals surface area (Å²) in [7, 11) is 0. The number of aromatic nitrogens is 2. The van der Waals surface area contributed by atoms with Crippen LogP contribution in [0.1, 0.15) is 5.56 Å². The second-order valence-electron chi connectivity index (χ2n) is 3.48. The summed E-state index contributed by atoms with van der Waals surface area (Å²) in [6.07, 6.45) is 4.38. The fraction of sp³-hybridized carbons (Fsp3) is 0.0909. The number of benzene rings is 1. The van der Waals surface area contributed by atoms with E-state index in [0.717, 1.165) is 5.56 Å². The molecule has 0 radical (unpaired) electrons. The Balaban J connectivity index is 2.25. The summed E-state index contributed by atoms with van der Waals surface area (Å²) in [6.45, 7) is 1.79. The molecule has 2 rings (SSSR count). The van der Waals surface area contributed by atoms with Gasteiger partial charge in [-0.3, -0.25) is 4.57 Å². The van der Waals surface area contributed by atoms with Gasteiger partial charge in [-0.1, -0.05) is 0 Å². The lowest BCUT2D eigenvalue weighted by atomic mass is 10.2. The lowest BCUT2D eigenvalue weighted by Gasteiger charge is -2.09. The van der Waals surface area contributed by atoms with Gasteiger partial charge in [-0.25, -0.2) is 14.2 Å². The van der Waals surface area contributed by atoms with Gasteiger partial charge in [0.25, 0.3) is 0 Å². The summed E-state index contributed by atoms with van der Waals surface area (Å²) in [5, 5.41) is 2.60. The van der Waals surface area contributed by atoms with E-state index in [0.29, 0.717) is 10.2 Å². The maximum absolute atomic E-state index is 13.3. The quantitative estimate of drug-likeness (QED) is 0.879. The molecule has 1 amide bonds. The summed E-state index contributed by atoms with van der Waals surface area (Å²) in [5.74, 6) is -0.420. The first-order valence-corrected chi connectivity index (χ1v) is 5.62. The maximum Gasteiger partial charge on any atom is 0.331 e. The van der Waals surface area contributed by atoms with Crippen LogP contribution in [0.4, 0.5) is 14.9 Å². The molecular weight excluding hydrogens is 289 g/mol. The van der Waals surface area contributed by atoms with Gasteiger partial charge in [-0.15, -0.1) is 0 Å². The van der Waals surface area contributed by atoms with E-state index in [1.54, 1.807) is 13.0 Å². The molecule has 0 aliphatic carbocycles. The molecule has 0 saturated heterocycles. The van der Waals surface area contributed by atoms with E-state index in [9.17, 15) is 9.18 Å². The number of imidazole rings is 1. The molecule has 0 saturated carbocycles. The molecule has 0 fully saturated rings. The second-order valence-corrected chi connectivity index (χ2v) is 4.34. The number of hydrogen-bond acceptors (Lipinski definition) is 2. The van der Waals surface area contributed by atoms with Crippen LogP contribution in [0.15, 0.2) is 35.3 Å². The molecule has 0 atom stereocenters. The summed E-state index contributed by atoms with van der Waals surface area (Å²) in [6, 6.07) is 2.50. The highest BCUT2D eigenvalue weighted by atomic mass is 79.9. The van der Waals surface area contributed by atoms with Crippen LogP contribution < -0.4 is 5.32 Å². The van der Waals surface area contributed by atoms with Crippen molar-refractivity contribution in [2.24, 2.45) is 0 Å². The van der Waals surface area contributed by atoms with E-state index in [1.807, 2.05) is 0 Å². The highest BCUT2D eigenvalue weighted by Crippen LogP contribution is 2.23. The largest absolute Gasteiger partial charge is 0.331 e. The fourth-order valence-corrected chi connectivity index (χ4v) is 1.80. The second kappa shape index (κ2) is 4.67. The lowest BCUT2D eigenvalue weighted by Crippen LogP contribution is -2.18. The summed E-state index contributed by atoms with van der Waals surface area (Å²) < 4.78 is 15.0. The van der Waals surface area contributed by atoms with Gasteiger partial charge in [-0.05, 0) is 40.5 Å². The van der Waals surface area contributed by atoms with Crippen molar-refractivity contribution in [2.45, 2.75) is 6.92 Å². The van der Waals surface area contributed by atoms with Crippen molar-refractivity contribution >= 4 is 27.6 Å². The molecule has 2 aromatic rings. The van der Waals surface area contributed by atoms with Crippen LogP contribution in [-0.2, 0) is 0 Å². The molecule has 4 nitrogen and oxygen atoms in total. The molecule has 1 N–H and O–H groups in total. The van der Waals surface area contributed by atoms with Crippen LogP contribution >= 0.6 is 15.9 Å². The van der Waals surface area contributed by atoms with Crippen molar-refractivity contribution in [3.63, 3.8) is 0 Å². The molecule has 0 spiro atoms. The monoisotopic (exact) mass is 297 g/mol. The number of carbonyl (C=O) groups is 1. The Bertz CT molecular complexity index is 554. The molecule has 17 heavy (non-hydrogen) atoms. The molecule has 0 bridgehead atoms. The average Bonchev–Trinajstić information content (AvgIpc) is 2.79. The van der Waals surface area contributed by atoms with Crippen molar-refractivity contribution in [3.05, 3.63) is 46.7 Å². The molecule has 1 heterocycles. The van der Waals surface area contributed by atoms with Gasteiger partial charge in [0.15, 0.2) is 0 Å². The number of anilines is 1. The van der Waals surface area contributed by atoms with E-state index in [-0.39, 0.29) is 6.03 Å². The maximum atomic E-state index is 13.3. The smallest absolute Gasteiger partial charge is 0.307 e. The highest BCUT2D eigenvalue weighted by Gasteiger charge is 2.09. The first-order chi connectivity index (χ1) is 8.08. The number of nitrogens with zero attached hydrogens (tertiary/aromatic N) is 2. The zero-order chi connectivity index (χ0) is 12.4. The molecule has 0 aliphatic heterocycles. The number of amides is 1. The van der Waals surface area contributed by atoms with Crippen molar-refractivity contribution < 1.29 is 9.18 Å². The third kappa shape index (κ3) is 2.52. The van der Waals surface area contributed by atoms with Gasteiger partial charge in [0.05, 0.1) is 4.47 Å². The molecule has 0 unspecified atom stereocenters. The SMILES string of the molecule is Cc1cc(Br)c(F)cc1NC(=O)n1ccnc1. The molecule has 0 aliphatic rings. The van der Waals surface area contributed by atoms with Crippen molar-refractivity contribution in [2.75, 3.05) is 5.32 Å². The third-order valence-corrected chi connectivity index (χ3v) is 2.86. The zero-order valence-electron chi connectivity index (χ0n) is 8.95. The molecule has 6 heteroatoms. The van der Waals surface area contributed by atoms with E-state index in [1.165, 1.54) is 29.4 Å². The topological polar surface area (TPSA) is 46.9 Å². The zero-order valence-corrected chi connectivity index (χ0v) is 10.5. The van der Waals surface area contributed by atoms with Crippen molar-refractivity contribution in [1.82, 2.24) is 9.55 Å². The van der Waals surface area contributed by atoms with E-state index >= 15 is 0 Å². The van der Waals surface area contributed by atoms with Crippen LogP contribution in [0.3, 0.4) is 0 Å². The molecule has 1 aromatic heterocycles. The minimum absolute atomic E-state index is 0.371. The number of halogens is 2. The summed E-state index contributed by atoms with van der Waals surface area (Å²) in [4.78, 5) is 15.5. The van der Waals surface area contributed by atoms with Crippen LogP contribution in [-0.4, -0.2) is 15.6 Å². The number of rotatable bonds is 1. The van der Waals surface area contributed by atoms with Gasteiger partial charge in [0.2, 0.25) is 0 Å². The minimum atomic E-state index is -0.420. The van der Waals surface area contributed by atoms with Crippen LogP contribution in [0, 0.1) is 12.7 Å². The van der Waals surface area contributed by atoms with Crippen LogP contribution in [0.25, 0.3) is 0 Å². The van der Waals surface area contributed by atoms with Crippen molar-refractivity contribution in [3.8, 4) is 0 Å². The molecule has 88 valence electrons. The summed E-state index contributed by atoms with van der Waals surface area (Å²) in [5.41, 5.74) is 1.20. The van der Waals surface area contributed by atoms with Gasteiger partial charge in [-0.2, -0.15) is 0 Å². The van der Waals surface area contributed by atoms with Gasteiger partial charge < -0.3 is 5.32 Å². The Morgan fingerprint density at radius 3 is 2.94 bits per heavy atom. The van der Waals surface area contributed by atoms with Crippen molar-refractivity contribution in [1.29, 1.82) is 0 Å². The minimum Gasteiger partial charge on any atom is -0.307 e. The summed E-state index contributed by atoms with van der Waals surface area (Å²) >= 11 is 3.08. The average molecular weight is 298 g/mol. The van der Waals surface area contributed by atoms with Gasteiger partial charge >= 0.3 is 6.03 Å². The van der Waals surface area contributed by atoms with Gasteiger partial charge in [0.1, 0.15) is 12.1 Å². The molecular formula is C11H9BrFN3O. The Morgan fingerprint density at radius 2 is 2.29 bits per heavy atom. The number of aryl methyl sites for hydroxylation is 1. The Morgan fingerprint density at radius 1 is 1.53 bits per heavy atom. The van der Waals surface area contributed by atoms with Crippen LogP contribution in [0.5, 0.6) is 0 Å². The van der Waals surface area contributed by atoms with E-state index < -0.39 is 5.82 Å². The Hall–Kier alpha value is -1.69. The highest BCUT2D eigenvalue weighted by molar-refractivity contribution is 9.10. The third-order valence-electron chi connectivity index (χ3n) is 2.25. The van der Waals surface area contributed by atoms with Gasteiger partial charge in [0, 0.05) is 18.1 Å². The normalized spacial score (nSPS) is 10.3.